The molecule has 0 spiro atoms. The number of benzene rings is 2. The Kier molecular flexibility index (Phi) is 5.86. The van der Waals surface area contributed by atoms with Crippen molar-refractivity contribution in [3.05, 3.63) is 53.6 Å². The molecule has 1 aliphatic rings. The third-order valence-corrected chi connectivity index (χ3v) is 7.74. The van der Waals surface area contributed by atoms with E-state index < -0.39 is 10.0 Å². The van der Waals surface area contributed by atoms with Gasteiger partial charge in [-0.2, -0.15) is 4.31 Å². The Hall–Kier alpha value is -2.35. The first kappa shape index (κ1) is 20.9. The average Bonchev–Trinajstić information content (AvgIpc) is 2.73. The molecule has 1 fully saturated rings. The number of pyridine rings is 1. The maximum absolute atomic E-state index is 13.1. The van der Waals surface area contributed by atoms with E-state index in [2.05, 4.69) is 10.3 Å². The second kappa shape index (κ2) is 8.41. The highest BCUT2D eigenvalue weighted by Gasteiger charge is 2.31. The molecule has 1 atom stereocenters. The largest absolute Gasteiger partial charge is 0.495 e. The highest BCUT2D eigenvalue weighted by molar-refractivity contribution is 7.89. The van der Waals surface area contributed by atoms with Crippen LogP contribution in [0.1, 0.15) is 26.2 Å². The van der Waals surface area contributed by atoms with Crippen molar-refractivity contribution in [1.82, 2.24) is 9.29 Å². The smallest absolute Gasteiger partial charge is 0.243 e. The number of fused-ring (bicyclic) bond motifs is 1. The molecule has 3 aromatic rings. The summed E-state index contributed by atoms with van der Waals surface area (Å²) in [5, 5.41) is 4.49. The average molecular weight is 446 g/mol. The number of hydrogen-bond acceptors (Lipinski definition) is 5. The van der Waals surface area contributed by atoms with Crippen LogP contribution >= 0.6 is 11.6 Å². The summed E-state index contributed by atoms with van der Waals surface area (Å²) in [6.45, 7) is 2.55. The molecule has 158 valence electrons. The van der Waals surface area contributed by atoms with E-state index in [0.717, 1.165) is 30.3 Å². The van der Waals surface area contributed by atoms with Crippen LogP contribution in [-0.4, -0.2) is 37.4 Å². The fourth-order valence-electron chi connectivity index (χ4n) is 3.79. The number of hydrogen-bond donors (Lipinski definition) is 1. The molecule has 1 aliphatic heterocycles. The first-order valence-corrected chi connectivity index (χ1v) is 11.7. The van der Waals surface area contributed by atoms with Gasteiger partial charge in [0.05, 0.1) is 22.5 Å². The van der Waals surface area contributed by atoms with E-state index in [1.54, 1.807) is 41.7 Å². The maximum Gasteiger partial charge on any atom is 0.243 e. The summed E-state index contributed by atoms with van der Waals surface area (Å²) in [4.78, 5) is 4.91. The van der Waals surface area contributed by atoms with Gasteiger partial charge in [0, 0.05) is 23.7 Å². The highest BCUT2D eigenvalue weighted by Crippen LogP contribution is 2.30. The summed E-state index contributed by atoms with van der Waals surface area (Å²) in [6, 6.07) is 14.2. The Bertz CT molecular complexity index is 1180. The van der Waals surface area contributed by atoms with Gasteiger partial charge in [-0.3, -0.25) is 0 Å². The molecule has 8 heteroatoms. The minimum Gasteiger partial charge on any atom is -0.495 e. The number of piperidine rings is 1. The van der Waals surface area contributed by atoms with Gasteiger partial charge in [-0.1, -0.05) is 18.0 Å². The van der Waals surface area contributed by atoms with E-state index in [4.69, 9.17) is 16.3 Å². The van der Waals surface area contributed by atoms with Crippen molar-refractivity contribution < 1.29 is 13.2 Å². The zero-order valence-electron chi connectivity index (χ0n) is 16.9. The highest BCUT2D eigenvalue weighted by atomic mass is 35.5. The summed E-state index contributed by atoms with van der Waals surface area (Å²) in [5.74, 6) is 1.24. The Morgan fingerprint density at radius 2 is 1.97 bits per heavy atom. The molecule has 0 amide bonds. The van der Waals surface area contributed by atoms with Gasteiger partial charge in [-0.25, -0.2) is 13.4 Å². The summed E-state index contributed by atoms with van der Waals surface area (Å²) in [7, 11) is -1.94. The van der Waals surface area contributed by atoms with Crippen LogP contribution in [0.3, 0.4) is 0 Å². The van der Waals surface area contributed by atoms with E-state index in [1.165, 1.54) is 0 Å². The van der Waals surface area contributed by atoms with E-state index in [0.29, 0.717) is 33.5 Å². The molecule has 1 unspecified atom stereocenters. The Morgan fingerprint density at radius 3 is 2.70 bits per heavy atom. The Labute approximate surface area is 181 Å². The third kappa shape index (κ3) is 4.10. The van der Waals surface area contributed by atoms with Crippen molar-refractivity contribution in [2.24, 2.45) is 0 Å². The Morgan fingerprint density at radius 1 is 1.13 bits per heavy atom. The molecule has 1 N–H and O–H groups in total. The van der Waals surface area contributed by atoms with Gasteiger partial charge >= 0.3 is 0 Å². The Balaban J connectivity index is 1.60. The van der Waals surface area contributed by atoms with Crippen molar-refractivity contribution in [3.63, 3.8) is 0 Å². The van der Waals surface area contributed by atoms with Gasteiger partial charge in [0.2, 0.25) is 10.0 Å². The number of anilines is 2. The number of nitrogens with one attached hydrogen (secondary N) is 1. The lowest BCUT2D eigenvalue weighted by atomic mass is 10.1. The van der Waals surface area contributed by atoms with Crippen LogP contribution in [0, 0.1) is 0 Å². The van der Waals surface area contributed by atoms with Crippen LogP contribution in [0.4, 0.5) is 11.5 Å². The van der Waals surface area contributed by atoms with Crippen LogP contribution in [0.2, 0.25) is 5.02 Å². The van der Waals surface area contributed by atoms with Crippen molar-refractivity contribution in [2.45, 2.75) is 37.1 Å². The van der Waals surface area contributed by atoms with E-state index >= 15 is 0 Å². The topological polar surface area (TPSA) is 71.5 Å². The van der Waals surface area contributed by atoms with Crippen LogP contribution in [0.25, 0.3) is 10.9 Å². The minimum atomic E-state index is -3.51. The lowest BCUT2D eigenvalue weighted by Gasteiger charge is -2.32. The molecule has 2 aromatic carbocycles. The fourth-order valence-corrected chi connectivity index (χ4v) is 5.78. The van der Waals surface area contributed by atoms with E-state index in [9.17, 15) is 8.42 Å². The van der Waals surface area contributed by atoms with E-state index in [1.807, 2.05) is 25.1 Å². The number of ether oxygens (including phenoxy) is 1. The SMILES string of the molecule is COc1ccc(Nc2ccc3cc(S(=O)(=O)N4CCCCC4C)ccc3n2)cc1Cl. The molecule has 1 saturated heterocycles. The van der Waals surface area contributed by atoms with Crippen LogP contribution in [0.5, 0.6) is 5.75 Å². The molecular formula is C22H24ClN3O3S. The summed E-state index contributed by atoms with van der Waals surface area (Å²) >= 11 is 6.18. The van der Waals surface area contributed by atoms with Crippen LogP contribution < -0.4 is 10.1 Å². The summed E-state index contributed by atoms with van der Waals surface area (Å²) in [6.07, 6.45) is 2.88. The third-order valence-electron chi connectivity index (χ3n) is 5.43. The minimum absolute atomic E-state index is 0.0282. The first-order valence-electron chi connectivity index (χ1n) is 9.92. The van der Waals surface area contributed by atoms with Crippen molar-refractivity contribution in [2.75, 3.05) is 19.0 Å². The number of nitrogens with zero attached hydrogens (tertiary/aromatic N) is 2. The predicted octanol–water partition coefficient (Wildman–Crippen LogP) is 5.20. The van der Waals surface area contributed by atoms with Gasteiger partial charge in [-0.05, 0) is 68.3 Å². The van der Waals surface area contributed by atoms with Gasteiger partial charge < -0.3 is 10.1 Å². The number of halogens is 1. The molecule has 1 aromatic heterocycles. The lowest BCUT2D eigenvalue weighted by molar-refractivity contribution is 0.268. The molecule has 30 heavy (non-hydrogen) atoms. The molecule has 0 bridgehead atoms. The van der Waals surface area contributed by atoms with Crippen molar-refractivity contribution in [1.29, 1.82) is 0 Å². The molecule has 0 aliphatic carbocycles. The molecule has 0 saturated carbocycles. The van der Waals surface area contributed by atoms with Gasteiger partial charge in [-0.15, -0.1) is 0 Å². The van der Waals surface area contributed by atoms with Crippen LogP contribution in [0.15, 0.2) is 53.4 Å². The second-order valence-electron chi connectivity index (χ2n) is 7.49. The first-order chi connectivity index (χ1) is 14.4. The summed E-state index contributed by atoms with van der Waals surface area (Å²) < 4.78 is 33.0. The van der Waals surface area contributed by atoms with Gasteiger partial charge in [0.15, 0.2) is 0 Å². The molecule has 0 radical (unpaired) electrons. The second-order valence-corrected chi connectivity index (χ2v) is 9.78. The molecular weight excluding hydrogens is 422 g/mol. The predicted molar refractivity (Wildman–Crippen MR) is 120 cm³/mol. The zero-order valence-corrected chi connectivity index (χ0v) is 18.5. The number of rotatable bonds is 5. The normalized spacial score (nSPS) is 17.8. The standard InChI is InChI=1S/C22H24ClN3O3S/c1-15-5-3-4-12-26(15)30(27,28)18-8-9-20-16(13-18)6-11-22(25-20)24-17-7-10-21(29-2)19(23)14-17/h6-11,13-15H,3-5,12H2,1-2H3,(H,24,25). The molecule has 4 rings (SSSR count). The monoisotopic (exact) mass is 445 g/mol. The number of methoxy groups -OCH3 is 1. The van der Waals surface area contributed by atoms with Crippen LogP contribution in [-0.2, 0) is 10.0 Å². The molecule has 2 heterocycles. The summed E-state index contributed by atoms with van der Waals surface area (Å²) in [5.41, 5.74) is 1.50. The van der Waals surface area contributed by atoms with Crippen molar-refractivity contribution in [3.8, 4) is 5.75 Å². The van der Waals surface area contributed by atoms with Gasteiger partial charge in [0.25, 0.3) is 0 Å². The number of sulfonamides is 1. The number of aromatic nitrogens is 1. The molecule has 6 nitrogen and oxygen atoms in total. The maximum atomic E-state index is 13.1. The van der Waals surface area contributed by atoms with Gasteiger partial charge in [0.1, 0.15) is 11.6 Å². The van der Waals surface area contributed by atoms with Crippen molar-refractivity contribution >= 4 is 44.0 Å². The quantitative estimate of drug-likeness (QED) is 0.584. The zero-order chi connectivity index (χ0) is 21.3. The fraction of sp³-hybridized carbons (Fsp3) is 0.318. The van der Waals surface area contributed by atoms with E-state index in [-0.39, 0.29) is 6.04 Å². The lowest BCUT2D eigenvalue weighted by Crippen LogP contribution is -2.41.